The van der Waals surface area contributed by atoms with Crippen molar-refractivity contribution in [1.82, 2.24) is 4.90 Å². The third-order valence-electron chi connectivity index (χ3n) is 3.23. The maximum absolute atomic E-state index is 13.8. The van der Waals surface area contributed by atoms with Gasteiger partial charge in [0.15, 0.2) is 22.4 Å². The molecule has 2 aromatic carbocycles. The summed E-state index contributed by atoms with van der Waals surface area (Å²) >= 11 is 0. The third kappa shape index (κ3) is 4.05. The number of nitrogens with zero attached hydrogens (tertiary/aromatic N) is 1. The van der Waals surface area contributed by atoms with Crippen LogP contribution in [-0.2, 0) is 14.6 Å². The summed E-state index contributed by atoms with van der Waals surface area (Å²) in [5, 5.41) is 1.96. The van der Waals surface area contributed by atoms with Crippen molar-refractivity contribution < 1.29 is 26.4 Å². The summed E-state index contributed by atoms with van der Waals surface area (Å²) in [6, 6.07) is 8.57. The predicted molar refractivity (Wildman–Crippen MR) is 90.3 cm³/mol. The molecular weight excluding hydrogens is 369 g/mol. The minimum absolute atomic E-state index is 0.144. The van der Waals surface area contributed by atoms with Crippen LogP contribution in [0.1, 0.15) is 0 Å². The molecule has 0 spiro atoms. The maximum atomic E-state index is 13.8. The molecule has 0 aliphatic carbocycles. The Balaban J connectivity index is 2.46. The van der Waals surface area contributed by atoms with Gasteiger partial charge in [0.1, 0.15) is 0 Å². The number of anilines is 1. The number of halogens is 3. The van der Waals surface area contributed by atoms with E-state index in [1.54, 1.807) is 6.07 Å². The van der Waals surface area contributed by atoms with Crippen molar-refractivity contribution in [3.63, 3.8) is 0 Å². The van der Waals surface area contributed by atoms with Crippen molar-refractivity contribution in [3.05, 3.63) is 71.0 Å². The van der Waals surface area contributed by atoms with Crippen LogP contribution in [0.5, 0.6) is 0 Å². The molecule has 138 valence electrons. The molecule has 0 saturated heterocycles. The highest BCUT2D eigenvalue weighted by Crippen LogP contribution is 2.24. The zero-order valence-electron chi connectivity index (χ0n) is 13.8. The summed E-state index contributed by atoms with van der Waals surface area (Å²) in [5.74, 6) is -6.01. The first-order valence-electron chi connectivity index (χ1n) is 7.28. The fraction of sp³-hybridized carbons (Fsp3) is 0.118. The largest absolute Gasteiger partial charge is 0.382 e. The second kappa shape index (κ2) is 7.61. The third-order valence-corrected chi connectivity index (χ3v) is 4.99. The van der Waals surface area contributed by atoms with Crippen LogP contribution in [0.4, 0.5) is 18.9 Å². The van der Waals surface area contributed by atoms with E-state index in [2.05, 4.69) is 0 Å². The van der Waals surface area contributed by atoms with Gasteiger partial charge in [-0.25, -0.2) is 21.6 Å². The van der Waals surface area contributed by atoms with Crippen molar-refractivity contribution >= 4 is 21.4 Å². The lowest BCUT2D eigenvalue weighted by atomic mass is 10.2. The van der Waals surface area contributed by atoms with Crippen LogP contribution in [0.15, 0.2) is 58.5 Å². The van der Waals surface area contributed by atoms with Crippen molar-refractivity contribution in [1.29, 1.82) is 0 Å². The summed E-state index contributed by atoms with van der Waals surface area (Å²) < 4.78 is 65.5. The number of benzene rings is 2. The Hall–Kier alpha value is -2.81. The molecule has 0 heterocycles. The lowest BCUT2D eigenvalue weighted by molar-refractivity contribution is -0.112. The summed E-state index contributed by atoms with van der Waals surface area (Å²) in [5.41, 5.74) is -0.679. The standard InChI is InChI=1S/C17H15F3N2O3S/c1-22(2)10-14(26(24,25)11-6-4-3-5-7-11)17(23)21-13-9-8-12(18)15(19)16(13)20/h3-10H,1-2H3,(H,21,23)/b14-10+. The van der Waals surface area contributed by atoms with Gasteiger partial charge in [-0.05, 0) is 24.3 Å². The highest BCUT2D eigenvalue weighted by Gasteiger charge is 2.28. The molecule has 0 atom stereocenters. The van der Waals surface area contributed by atoms with Gasteiger partial charge in [-0.3, -0.25) is 4.79 Å². The predicted octanol–water partition coefficient (Wildman–Crippen LogP) is 2.92. The number of carbonyl (C=O) groups is 1. The molecule has 0 saturated carbocycles. The van der Waals surface area contributed by atoms with E-state index >= 15 is 0 Å². The molecule has 5 nitrogen and oxygen atoms in total. The molecule has 0 aliphatic heterocycles. The van der Waals surface area contributed by atoms with Gasteiger partial charge in [0.2, 0.25) is 9.84 Å². The van der Waals surface area contributed by atoms with E-state index in [4.69, 9.17) is 0 Å². The molecular formula is C17H15F3N2O3S. The Morgan fingerprint density at radius 1 is 1.00 bits per heavy atom. The number of nitrogens with one attached hydrogen (secondary N) is 1. The Kier molecular flexibility index (Phi) is 5.71. The van der Waals surface area contributed by atoms with E-state index in [1.165, 1.54) is 43.3 Å². The minimum atomic E-state index is -4.23. The topological polar surface area (TPSA) is 66.5 Å². The van der Waals surface area contributed by atoms with Crippen molar-refractivity contribution in [2.45, 2.75) is 4.90 Å². The molecule has 2 aromatic rings. The van der Waals surface area contributed by atoms with Crippen molar-refractivity contribution in [2.75, 3.05) is 19.4 Å². The Bertz CT molecular complexity index is 959. The lowest BCUT2D eigenvalue weighted by Crippen LogP contribution is -2.24. The van der Waals surface area contributed by atoms with Crippen molar-refractivity contribution in [3.8, 4) is 0 Å². The summed E-state index contributed by atoms with van der Waals surface area (Å²) in [6.07, 6.45) is 1.04. The van der Waals surface area contributed by atoms with Crippen molar-refractivity contribution in [2.24, 2.45) is 0 Å². The van der Waals surface area contributed by atoms with Crippen LogP contribution in [0.25, 0.3) is 0 Å². The van der Waals surface area contributed by atoms with Crippen LogP contribution in [-0.4, -0.2) is 33.3 Å². The van der Waals surface area contributed by atoms with E-state index in [1.807, 2.05) is 5.32 Å². The van der Waals surface area contributed by atoms with Crippen LogP contribution in [0, 0.1) is 17.5 Å². The second-order valence-electron chi connectivity index (χ2n) is 5.45. The number of rotatable bonds is 5. The Morgan fingerprint density at radius 2 is 1.62 bits per heavy atom. The lowest BCUT2D eigenvalue weighted by Gasteiger charge is -2.14. The van der Waals surface area contributed by atoms with E-state index in [-0.39, 0.29) is 4.90 Å². The molecule has 1 amide bonds. The molecule has 0 aliphatic rings. The minimum Gasteiger partial charge on any atom is -0.382 e. The molecule has 26 heavy (non-hydrogen) atoms. The summed E-state index contributed by atoms with van der Waals surface area (Å²) in [4.78, 5) is 12.9. The van der Waals surface area contributed by atoms with E-state index in [0.29, 0.717) is 6.07 Å². The van der Waals surface area contributed by atoms with E-state index < -0.39 is 43.8 Å². The monoisotopic (exact) mass is 384 g/mol. The van der Waals surface area contributed by atoms with Crippen LogP contribution < -0.4 is 5.32 Å². The van der Waals surface area contributed by atoms with Gasteiger partial charge in [-0.15, -0.1) is 0 Å². The van der Waals surface area contributed by atoms with Gasteiger partial charge >= 0.3 is 0 Å². The second-order valence-corrected chi connectivity index (χ2v) is 7.37. The number of hydrogen-bond donors (Lipinski definition) is 1. The number of sulfone groups is 1. The number of carbonyl (C=O) groups excluding carboxylic acids is 1. The van der Waals surface area contributed by atoms with Gasteiger partial charge in [0.25, 0.3) is 5.91 Å². The summed E-state index contributed by atoms with van der Waals surface area (Å²) in [7, 11) is -1.25. The zero-order valence-corrected chi connectivity index (χ0v) is 14.6. The zero-order chi connectivity index (χ0) is 19.5. The average molecular weight is 384 g/mol. The van der Waals surface area contributed by atoms with Crippen LogP contribution in [0.2, 0.25) is 0 Å². The normalized spacial score (nSPS) is 12.0. The molecule has 2 rings (SSSR count). The van der Waals surface area contributed by atoms with Crippen LogP contribution in [0.3, 0.4) is 0 Å². The first-order valence-corrected chi connectivity index (χ1v) is 8.76. The first kappa shape index (κ1) is 19.5. The van der Waals surface area contributed by atoms with Gasteiger partial charge in [0, 0.05) is 20.3 Å². The molecule has 0 radical (unpaired) electrons. The number of hydrogen-bond acceptors (Lipinski definition) is 4. The SMILES string of the molecule is CN(C)/C=C(\C(=O)Nc1ccc(F)c(F)c1F)S(=O)(=O)c1ccccc1. The van der Waals surface area contributed by atoms with E-state index in [9.17, 15) is 26.4 Å². The highest BCUT2D eigenvalue weighted by atomic mass is 32.2. The van der Waals surface area contributed by atoms with E-state index in [0.717, 1.165) is 12.3 Å². The molecule has 9 heteroatoms. The van der Waals surface area contributed by atoms with Gasteiger partial charge in [0.05, 0.1) is 10.6 Å². The number of amides is 1. The summed E-state index contributed by atoms with van der Waals surface area (Å²) in [6.45, 7) is 0. The highest BCUT2D eigenvalue weighted by molar-refractivity contribution is 7.96. The Morgan fingerprint density at radius 3 is 2.19 bits per heavy atom. The van der Waals surface area contributed by atoms with Gasteiger partial charge in [-0.2, -0.15) is 0 Å². The molecule has 0 bridgehead atoms. The van der Waals surface area contributed by atoms with Crippen LogP contribution >= 0.6 is 0 Å². The Labute approximate surface area is 148 Å². The fourth-order valence-corrected chi connectivity index (χ4v) is 3.43. The van der Waals surface area contributed by atoms with Gasteiger partial charge in [-0.1, -0.05) is 18.2 Å². The first-order chi connectivity index (χ1) is 12.1. The fourth-order valence-electron chi connectivity index (χ4n) is 2.02. The smallest absolute Gasteiger partial charge is 0.269 e. The maximum Gasteiger partial charge on any atom is 0.269 e. The van der Waals surface area contributed by atoms with Gasteiger partial charge < -0.3 is 10.2 Å². The molecule has 0 aromatic heterocycles. The molecule has 0 fully saturated rings. The molecule has 1 N–H and O–H groups in total. The molecule has 0 unspecified atom stereocenters. The quantitative estimate of drug-likeness (QED) is 0.636. The average Bonchev–Trinajstić information content (AvgIpc) is 2.60.